The highest BCUT2D eigenvalue weighted by Gasteiger charge is 2.61. The first kappa shape index (κ1) is 14.8. The SMILES string of the molecule is CC(C)n1cc(NC(=O)C2(C(F)(F)F)CCNC2)cn1. The van der Waals surface area contributed by atoms with Crippen molar-refractivity contribution in [2.45, 2.75) is 32.5 Å². The fourth-order valence-electron chi connectivity index (χ4n) is 2.19. The molecule has 2 rings (SSSR count). The van der Waals surface area contributed by atoms with Crippen molar-refractivity contribution in [3.63, 3.8) is 0 Å². The average molecular weight is 290 g/mol. The Bertz CT molecular complexity index is 489. The molecule has 1 atom stereocenters. The fraction of sp³-hybridized carbons (Fsp3) is 0.667. The number of carbonyl (C=O) groups is 1. The summed E-state index contributed by atoms with van der Waals surface area (Å²) in [5.41, 5.74) is -2.08. The Balaban J connectivity index is 2.17. The molecule has 2 N–H and O–H groups in total. The van der Waals surface area contributed by atoms with Crippen molar-refractivity contribution in [3.05, 3.63) is 12.4 Å². The lowest BCUT2D eigenvalue weighted by Gasteiger charge is -2.29. The van der Waals surface area contributed by atoms with Gasteiger partial charge >= 0.3 is 6.18 Å². The van der Waals surface area contributed by atoms with E-state index in [1.54, 1.807) is 4.68 Å². The van der Waals surface area contributed by atoms with Crippen LogP contribution in [0.2, 0.25) is 0 Å². The van der Waals surface area contributed by atoms with Gasteiger partial charge in [0, 0.05) is 18.8 Å². The van der Waals surface area contributed by atoms with Crippen molar-refractivity contribution in [1.82, 2.24) is 15.1 Å². The van der Waals surface area contributed by atoms with E-state index < -0.39 is 17.5 Å². The highest BCUT2D eigenvalue weighted by Crippen LogP contribution is 2.43. The largest absolute Gasteiger partial charge is 0.404 e. The topological polar surface area (TPSA) is 59.0 Å². The number of hydrogen-bond acceptors (Lipinski definition) is 3. The molecule has 1 fully saturated rings. The summed E-state index contributed by atoms with van der Waals surface area (Å²) in [6.07, 6.45) is -1.95. The Morgan fingerprint density at radius 2 is 2.25 bits per heavy atom. The number of carbonyl (C=O) groups excluding carboxylic acids is 1. The van der Waals surface area contributed by atoms with E-state index in [1.165, 1.54) is 12.4 Å². The number of rotatable bonds is 3. The summed E-state index contributed by atoms with van der Waals surface area (Å²) in [5.74, 6) is -1.03. The highest BCUT2D eigenvalue weighted by atomic mass is 19.4. The van der Waals surface area contributed by atoms with E-state index in [1.807, 2.05) is 13.8 Å². The van der Waals surface area contributed by atoms with Gasteiger partial charge in [0.15, 0.2) is 5.41 Å². The van der Waals surface area contributed by atoms with Crippen LogP contribution in [0.15, 0.2) is 12.4 Å². The molecule has 0 aliphatic carbocycles. The summed E-state index contributed by atoms with van der Waals surface area (Å²) in [5, 5.41) is 8.92. The number of aromatic nitrogens is 2. The third kappa shape index (κ3) is 2.52. The Labute approximate surface area is 114 Å². The summed E-state index contributed by atoms with van der Waals surface area (Å²) in [7, 11) is 0. The Hall–Kier alpha value is -1.57. The maximum absolute atomic E-state index is 13.2. The van der Waals surface area contributed by atoms with Crippen LogP contribution in [0.5, 0.6) is 0 Å². The summed E-state index contributed by atoms with van der Waals surface area (Å²) in [4.78, 5) is 12.1. The minimum absolute atomic E-state index is 0.0744. The van der Waals surface area contributed by atoms with Gasteiger partial charge in [-0.25, -0.2) is 0 Å². The van der Waals surface area contributed by atoms with E-state index in [4.69, 9.17) is 0 Å². The van der Waals surface area contributed by atoms with Gasteiger partial charge in [-0.3, -0.25) is 9.48 Å². The average Bonchev–Trinajstić information content (AvgIpc) is 2.96. The van der Waals surface area contributed by atoms with E-state index in [0.717, 1.165) is 0 Å². The molecule has 5 nitrogen and oxygen atoms in total. The van der Waals surface area contributed by atoms with Gasteiger partial charge in [0.1, 0.15) is 0 Å². The van der Waals surface area contributed by atoms with Crippen molar-refractivity contribution >= 4 is 11.6 Å². The van der Waals surface area contributed by atoms with Gasteiger partial charge in [0.25, 0.3) is 0 Å². The summed E-state index contributed by atoms with van der Waals surface area (Å²) < 4.78 is 41.1. The lowest BCUT2D eigenvalue weighted by molar-refractivity contribution is -0.213. The zero-order chi connectivity index (χ0) is 15.0. The summed E-state index contributed by atoms with van der Waals surface area (Å²) >= 11 is 0. The molecule has 1 saturated heterocycles. The second kappa shape index (κ2) is 5.08. The zero-order valence-corrected chi connectivity index (χ0v) is 11.3. The molecule has 1 aliphatic heterocycles. The van der Waals surface area contributed by atoms with Crippen LogP contribution in [0, 0.1) is 5.41 Å². The lowest BCUT2D eigenvalue weighted by atomic mass is 9.85. The molecule has 2 heterocycles. The molecular weight excluding hydrogens is 273 g/mol. The molecule has 0 aromatic carbocycles. The van der Waals surface area contributed by atoms with Crippen molar-refractivity contribution < 1.29 is 18.0 Å². The molecule has 8 heteroatoms. The van der Waals surface area contributed by atoms with E-state index in [-0.39, 0.29) is 31.2 Å². The third-order valence-corrected chi connectivity index (χ3v) is 3.52. The van der Waals surface area contributed by atoms with Crippen LogP contribution in [0.25, 0.3) is 0 Å². The minimum Gasteiger partial charge on any atom is -0.323 e. The van der Waals surface area contributed by atoms with E-state index in [9.17, 15) is 18.0 Å². The summed E-state index contributed by atoms with van der Waals surface area (Å²) in [6.45, 7) is 3.56. The Morgan fingerprint density at radius 1 is 1.55 bits per heavy atom. The van der Waals surface area contributed by atoms with Gasteiger partial charge in [0.2, 0.25) is 5.91 Å². The van der Waals surface area contributed by atoms with Gasteiger partial charge in [-0.1, -0.05) is 0 Å². The molecule has 0 bridgehead atoms. The van der Waals surface area contributed by atoms with Crippen molar-refractivity contribution in [2.75, 3.05) is 18.4 Å². The molecule has 1 aliphatic rings. The van der Waals surface area contributed by atoms with Crippen LogP contribution in [0.3, 0.4) is 0 Å². The number of amides is 1. The molecule has 0 spiro atoms. The number of anilines is 1. The Morgan fingerprint density at radius 3 is 2.70 bits per heavy atom. The third-order valence-electron chi connectivity index (χ3n) is 3.52. The standard InChI is InChI=1S/C12H17F3N4O/c1-8(2)19-6-9(5-17-19)18-10(20)11(12(13,14)15)3-4-16-7-11/h5-6,8,16H,3-4,7H2,1-2H3,(H,18,20). The number of nitrogens with one attached hydrogen (secondary N) is 2. The normalized spacial score (nSPS) is 23.3. The number of nitrogens with zero attached hydrogens (tertiary/aromatic N) is 2. The van der Waals surface area contributed by atoms with Gasteiger partial charge in [-0.2, -0.15) is 18.3 Å². The van der Waals surface area contributed by atoms with Crippen LogP contribution in [0.4, 0.5) is 18.9 Å². The quantitative estimate of drug-likeness (QED) is 0.894. The van der Waals surface area contributed by atoms with Crippen LogP contribution in [-0.2, 0) is 4.79 Å². The lowest BCUT2D eigenvalue weighted by Crippen LogP contribution is -2.49. The molecule has 0 saturated carbocycles. The van der Waals surface area contributed by atoms with E-state index in [0.29, 0.717) is 0 Å². The maximum atomic E-state index is 13.2. The first-order valence-corrected chi connectivity index (χ1v) is 6.39. The fourth-order valence-corrected chi connectivity index (χ4v) is 2.19. The number of hydrogen-bond donors (Lipinski definition) is 2. The summed E-state index contributed by atoms with van der Waals surface area (Å²) in [6, 6.07) is 0.0744. The second-order valence-electron chi connectivity index (χ2n) is 5.26. The first-order chi connectivity index (χ1) is 9.26. The first-order valence-electron chi connectivity index (χ1n) is 6.39. The molecule has 0 radical (unpaired) electrons. The molecule has 1 aromatic heterocycles. The smallest absolute Gasteiger partial charge is 0.323 e. The minimum atomic E-state index is -4.57. The van der Waals surface area contributed by atoms with Crippen molar-refractivity contribution in [2.24, 2.45) is 5.41 Å². The molecule has 20 heavy (non-hydrogen) atoms. The monoisotopic (exact) mass is 290 g/mol. The highest BCUT2D eigenvalue weighted by molar-refractivity contribution is 5.96. The molecule has 112 valence electrons. The Kier molecular flexibility index (Phi) is 3.77. The predicted octanol–water partition coefficient (Wildman–Crippen LogP) is 1.94. The van der Waals surface area contributed by atoms with Crippen molar-refractivity contribution in [1.29, 1.82) is 0 Å². The number of alkyl halides is 3. The van der Waals surface area contributed by atoms with Crippen LogP contribution >= 0.6 is 0 Å². The maximum Gasteiger partial charge on any atom is 0.404 e. The zero-order valence-electron chi connectivity index (χ0n) is 11.3. The van der Waals surface area contributed by atoms with Gasteiger partial charge < -0.3 is 10.6 Å². The van der Waals surface area contributed by atoms with Crippen LogP contribution in [-0.4, -0.2) is 35.0 Å². The predicted molar refractivity (Wildman–Crippen MR) is 67.2 cm³/mol. The van der Waals surface area contributed by atoms with Crippen molar-refractivity contribution in [3.8, 4) is 0 Å². The van der Waals surface area contributed by atoms with Gasteiger partial charge in [0.05, 0.1) is 11.9 Å². The number of halogens is 3. The molecule has 1 aromatic rings. The van der Waals surface area contributed by atoms with Crippen LogP contribution < -0.4 is 10.6 Å². The van der Waals surface area contributed by atoms with Crippen LogP contribution in [0.1, 0.15) is 26.3 Å². The molecule has 1 amide bonds. The second-order valence-corrected chi connectivity index (χ2v) is 5.26. The van der Waals surface area contributed by atoms with Gasteiger partial charge in [-0.15, -0.1) is 0 Å². The van der Waals surface area contributed by atoms with E-state index in [2.05, 4.69) is 15.7 Å². The van der Waals surface area contributed by atoms with E-state index >= 15 is 0 Å². The molecular formula is C12H17F3N4O. The van der Waals surface area contributed by atoms with Gasteiger partial charge in [-0.05, 0) is 26.8 Å². The molecule has 1 unspecified atom stereocenters.